The molecular weight excluding hydrogens is 309 g/mol. The van der Waals surface area contributed by atoms with Crippen LogP contribution in [-0.4, -0.2) is 41.0 Å². The van der Waals surface area contributed by atoms with Gasteiger partial charge < -0.3 is 9.64 Å². The second-order valence-corrected chi connectivity index (χ2v) is 5.27. The quantitative estimate of drug-likeness (QED) is 0.724. The van der Waals surface area contributed by atoms with Crippen LogP contribution in [0.2, 0.25) is 0 Å². The van der Waals surface area contributed by atoms with Crippen molar-refractivity contribution >= 4 is 16.9 Å². The summed E-state index contributed by atoms with van der Waals surface area (Å²) in [4.78, 5) is 22.5. The summed E-state index contributed by atoms with van der Waals surface area (Å²) in [5.74, 6) is 0.0169. The summed E-state index contributed by atoms with van der Waals surface area (Å²) in [6.07, 6.45) is 1.47. The summed E-state index contributed by atoms with van der Waals surface area (Å²) in [7, 11) is 1.67. The van der Waals surface area contributed by atoms with Gasteiger partial charge in [0.25, 0.3) is 5.91 Å². The number of ether oxygens (including phenoxy) is 1. The molecule has 0 N–H and O–H groups in total. The van der Waals surface area contributed by atoms with E-state index < -0.39 is 0 Å². The largest absolute Gasteiger partial charge is 0.492 e. The lowest BCUT2D eigenvalue weighted by Gasteiger charge is -2.17. The molecule has 0 aliphatic heterocycles. The molecule has 0 fully saturated rings. The van der Waals surface area contributed by atoms with E-state index in [0.717, 1.165) is 5.52 Å². The maximum absolute atomic E-state index is 12.8. The number of benzene rings is 2. The van der Waals surface area contributed by atoms with E-state index in [1.165, 1.54) is 23.2 Å². The highest BCUT2D eigenvalue weighted by Gasteiger charge is 2.14. The van der Waals surface area contributed by atoms with Gasteiger partial charge in [0.2, 0.25) is 0 Å². The third kappa shape index (κ3) is 3.65. The number of likely N-dealkylation sites (N-methyl/N-ethyl adjacent to an activating group) is 1. The third-order valence-electron chi connectivity index (χ3n) is 3.52. The molecule has 0 aliphatic carbocycles. The first-order valence-corrected chi connectivity index (χ1v) is 7.49. The van der Waals surface area contributed by atoms with Crippen molar-refractivity contribution < 1.29 is 13.9 Å². The Balaban J connectivity index is 1.60. The number of aromatic nitrogens is 2. The van der Waals surface area contributed by atoms with Crippen molar-refractivity contribution in [1.29, 1.82) is 0 Å². The Morgan fingerprint density at radius 1 is 1.12 bits per heavy atom. The number of halogens is 1. The summed E-state index contributed by atoms with van der Waals surface area (Å²) in [6, 6.07) is 13.1. The van der Waals surface area contributed by atoms with Gasteiger partial charge in [0.05, 0.1) is 23.8 Å². The predicted molar refractivity (Wildman–Crippen MR) is 88.4 cm³/mol. The number of amides is 1. The smallest absolute Gasteiger partial charge is 0.273 e. The number of hydrogen-bond donors (Lipinski definition) is 0. The van der Waals surface area contributed by atoms with Gasteiger partial charge in [-0.1, -0.05) is 12.1 Å². The Morgan fingerprint density at radius 2 is 1.83 bits per heavy atom. The SMILES string of the molecule is CN(CCOc1ccc(F)cc1)C(=O)c1cnc2ccccc2n1. The van der Waals surface area contributed by atoms with Crippen molar-refractivity contribution in [3.63, 3.8) is 0 Å². The molecule has 1 heterocycles. The van der Waals surface area contributed by atoms with Gasteiger partial charge in [0.1, 0.15) is 23.9 Å². The summed E-state index contributed by atoms with van der Waals surface area (Å²) in [6.45, 7) is 0.680. The Labute approximate surface area is 138 Å². The number of carbonyl (C=O) groups excluding carboxylic acids is 1. The lowest BCUT2D eigenvalue weighted by atomic mass is 10.3. The lowest BCUT2D eigenvalue weighted by molar-refractivity contribution is 0.0768. The normalized spacial score (nSPS) is 10.6. The average Bonchev–Trinajstić information content (AvgIpc) is 2.62. The summed E-state index contributed by atoms with van der Waals surface area (Å²) < 4.78 is 18.3. The van der Waals surface area contributed by atoms with Crippen LogP contribution in [0, 0.1) is 5.82 Å². The lowest BCUT2D eigenvalue weighted by Crippen LogP contribution is -2.31. The van der Waals surface area contributed by atoms with Crippen LogP contribution in [0.4, 0.5) is 4.39 Å². The standard InChI is InChI=1S/C18H16FN3O2/c1-22(10-11-24-14-8-6-13(19)7-9-14)18(23)17-12-20-15-4-2-3-5-16(15)21-17/h2-9,12H,10-11H2,1H3. The van der Waals surface area contributed by atoms with Crippen molar-refractivity contribution in [2.75, 3.05) is 20.2 Å². The molecule has 122 valence electrons. The van der Waals surface area contributed by atoms with Gasteiger partial charge >= 0.3 is 0 Å². The fraction of sp³-hybridized carbons (Fsp3) is 0.167. The molecule has 0 bridgehead atoms. The predicted octanol–water partition coefficient (Wildman–Crippen LogP) is 2.92. The van der Waals surface area contributed by atoms with Crippen LogP contribution in [0.1, 0.15) is 10.5 Å². The van der Waals surface area contributed by atoms with Crippen LogP contribution in [0.5, 0.6) is 5.75 Å². The second kappa shape index (κ2) is 7.04. The van der Waals surface area contributed by atoms with Crippen LogP contribution in [-0.2, 0) is 0 Å². The molecule has 5 nitrogen and oxygen atoms in total. The van der Waals surface area contributed by atoms with Gasteiger partial charge in [-0.05, 0) is 36.4 Å². The summed E-state index contributed by atoms with van der Waals surface area (Å²) in [5, 5.41) is 0. The minimum absolute atomic E-state index is 0.226. The molecule has 0 radical (unpaired) electrons. The van der Waals surface area contributed by atoms with E-state index in [1.54, 1.807) is 19.2 Å². The number of nitrogens with zero attached hydrogens (tertiary/aromatic N) is 3. The summed E-state index contributed by atoms with van der Waals surface area (Å²) >= 11 is 0. The zero-order valence-electron chi connectivity index (χ0n) is 13.1. The Bertz CT molecular complexity index is 852. The zero-order chi connectivity index (χ0) is 16.9. The van der Waals surface area contributed by atoms with E-state index in [4.69, 9.17) is 4.74 Å². The van der Waals surface area contributed by atoms with Crippen LogP contribution in [0.3, 0.4) is 0 Å². The monoisotopic (exact) mass is 325 g/mol. The van der Waals surface area contributed by atoms with Gasteiger partial charge in [-0.2, -0.15) is 0 Å². The van der Waals surface area contributed by atoms with Crippen molar-refractivity contribution in [2.24, 2.45) is 0 Å². The first kappa shape index (κ1) is 15.9. The number of hydrogen-bond acceptors (Lipinski definition) is 4. The molecule has 0 saturated carbocycles. The molecule has 0 atom stereocenters. The minimum atomic E-state index is -0.315. The van der Waals surface area contributed by atoms with E-state index in [9.17, 15) is 9.18 Å². The number of fused-ring (bicyclic) bond motifs is 1. The topological polar surface area (TPSA) is 55.3 Å². The van der Waals surface area contributed by atoms with Crippen LogP contribution < -0.4 is 4.74 Å². The fourth-order valence-electron chi connectivity index (χ4n) is 2.19. The van der Waals surface area contributed by atoms with Gasteiger partial charge in [0, 0.05) is 7.05 Å². The van der Waals surface area contributed by atoms with Crippen LogP contribution in [0.25, 0.3) is 11.0 Å². The number of rotatable bonds is 5. The van der Waals surface area contributed by atoms with Crippen molar-refractivity contribution in [3.8, 4) is 5.75 Å². The second-order valence-electron chi connectivity index (χ2n) is 5.27. The fourth-order valence-corrected chi connectivity index (χ4v) is 2.19. The highest BCUT2D eigenvalue weighted by molar-refractivity contribution is 5.93. The van der Waals surface area contributed by atoms with E-state index in [0.29, 0.717) is 24.4 Å². The number of para-hydroxylation sites is 2. The van der Waals surface area contributed by atoms with Gasteiger partial charge in [0.15, 0.2) is 0 Å². The van der Waals surface area contributed by atoms with E-state index in [2.05, 4.69) is 9.97 Å². The van der Waals surface area contributed by atoms with E-state index in [-0.39, 0.29) is 17.4 Å². The molecule has 3 rings (SSSR count). The Kier molecular flexibility index (Phi) is 4.65. The molecular formula is C18H16FN3O2. The maximum atomic E-state index is 12.8. The maximum Gasteiger partial charge on any atom is 0.273 e. The molecule has 1 aromatic heterocycles. The molecule has 0 saturated heterocycles. The first-order chi connectivity index (χ1) is 11.6. The van der Waals surface area contributed by atoms with E-state index >= 15 is 0 Å². The van der Waals surface area contributed by atoms with Crippen LogP contribution in [0.15, 0.2) is 54.7 Å². The summed E-state index contributed by atoms with van der Waals surface area (Å²) in [5.41, 5.74) is 1.72. The van der Waals surface area contributed by atoms with E-state index in [1.807, 2.05) is 24.3 Å². The van der Waals surface area contributed by atoms with Crippen molar-refractivity contribution in [3.05, 3.63) is 66.2 Å². The first-order valence-electron chi connectivity index (χ1n) is 7.49. The molecule has 2 aromatic carbocycles. The molecule has 0 unspecified atom stereocenters. The molecule has 0 spiro atoms. The van der Waals surface area contributed by atoms with Gasteiger partial charge in [-0.3, -0.25) is 9.78 Å². The zero-order valence-corrected chi connectivity index (χ0v) is 13.1. The molecule has 24 heavy (non-hydrogen) atoms. The minimum Gasteiger partial charge on any atom is -0.492 e. The average molecular weight is 325 g/mol. The molecule has 6 heteroatoms. The van der Waals surface area contributed by atoms with Gasteiger partial charge in [-0.15, -0.1) is 0 Å². The van der Waals surface area contributed by atoms with Crippen molar-refractivity contribution in [1.82, 2.24) is 14.9 Å². The van der Waals surface area contributed by atoms with Crippen LogP contribution >= 0.6 is 0 Å². The van der Waals surface area contributed by atoms with Gasteiger partial charge in [-0.25, -0.2) is 9.37 Å². The molecule has 3 aromatic rings. The number of carbonyl (C=O) groups is 1. The third-order valence-corrected chi connectivity index (χ3v) is 3.52. The highest BCUT2D eigenvalue weighted by atomic mass is 19.1. The van der Waals surface area contributed by atoms with Crippen molar-refractivity contribution in [2.45, 2.75) is 0 Å². The molecule has 1 amide bonds. The Morgan fingerprint density at radius 3 is 2.58 bits per heavy atom. The molecule has 0 aliphatic rings. The Hall–Kier alpha value is -3.02. The highest BCUT2D eigenvalue weighted by Crippen LogP contribution is 2.12.